The van der Waals surface area contributed by atoms with Crippen LogP contribution in [0.15, 0.2) is 42.6 Å². The maximum absolute atomic E-state index is 13.9. The van der Waals surface area contributed by atoms with E-state index in [4.69, 9.17) is 0 Å². The highest BCUT2D eigenvalue weighted by atomic mass is 19.1. The molecule has 0 bridgehead atoms. The smallest absolute Gasteiger partial charge is 0.320 e. The molecule has 1 saturated heterocycles. The zero-order chi connectivity index (χ0) is 19.2. The van der Waals surface area contributed by atoms with Gasteiger partial charge in [-0.15, -0.1) is 0 Å². The van der Waals surface area contributed by atoms with Gasteiger partial charge in [0, 0.05) is 43.6 Å². The maximum Gasteiger partial charge on any atom is 0.320 e. The number of carbonyl (C=O) groups is 1. The summed E-state index contributed by atoms with van der Waals surface area (Å²) in [5.74, 6) is 0.164. The second-order valence-corrected chi connectivity index (χ2v) is 6.66. The second-order valence-electron chi connectivity index (χ2n) is 6.66. The lowest BCUT2D eigenvalue weighted by Crippen LogP contribution is -2.46. The fourth-order valence-corrected chi connectivity index (χ4v) is 3.33. The molecule has 3 rings (SSSR count). The molecule has 6 nitrogen and oxygen atoms in total. The van der Waals surface area contributed by atoms with Crippen LogP contribution >= 0.6 is 0 Å². The van der Waals surface area contributed by atoms with E-state index in [2.05, 4.69) is 32.3 Å². The summed E-state index contributed by atoms with van der Waals surface area (Å²) in [6.07, 6.45) is 1.61. The monoisotopic (exact) mass is 371 g/mol. The van der Waals surface area contributed by atoms with Crippen molar-refractivity contribution in [3.05, 3.63) is 54.0 Å². The van der Waals surface area contributed by atoms with E-state index in [1.807, 2.05) is 6.92 Å². The normalized spacial score (nSPS) is 16.0. The number of likely N-dealkylation sites (N-methyl/N-ethyl adjacent to an activating group) is 1. The summed E-state index contributed by atoms with van der Waals surface area (Å²) in [7, 11) is 0. The number of aromatic nitrogens is 1. The Morgan fingerprint density at radius 3 is 2.67 bits per heavy atom. The van der Waals surface area contributed by atoms with Crippen LogP contribution in [0.5, 0.6) is 0 Å². The Balaban J connectivity index is 1.71. The Morgan fingerprint density at radius 2 is 2.00 bits per heavy atom. The molecule has 27 heavy (non-hydrogen) atoms. The van der Waals surface area contributed by atoms with E-state index in [0.717, 1.165) is 44.0 Å². The summed E-state index contributed by atoms with van der Waals surface area (Å²) in [6, 6.07) is 9.37. The number of hydrogen-bond donors (Lipinski definition) is 2. The number of urea groups is 1. The number of anilines is 2. The van der Waals surface area contributed by atoms with Crippen LogP contribution in [0.4, 0.5) is 20.7 Å². The number of nitrogens with one attached hydrogen (secondary N) is 2. The lowest BCUT2D eigenvalue weighted by Gasteiger charge is -2.37. The van der Waals surface area contributed by atoms with E-state index in [9.17, 15) is 9.18 Å². The van der Waals surface area contributed by atoms with Crippen LogP contribution in [-0.4, -0.2) is 48.6 Å². The number of pyridine rings is 1. The Kier molecular flexibility index (Phi) is 6.24. The van der Waals surface area contributed by atoms with Gasteiger partial charge in [0.15, 0.2) is 0 Å². The molecule has 2 heterocycles. The standard InChI is InChI=1S/C20H26FN5O/c1-3-25-10-12-26(13-11-25)18-8-7-16(21)14-17(18)15(2)23-20(27)24-19-6-4-5-9-22-19/h4-9,14-15H,3,10-13H2,1-2H3,(H2,22,23,24,27)/t15-/m0/s1. The third kappa shape index (κ3) is 4.95. The minimum Gasteiger partial charge on any atom is -0.369 e. The molecule has 2 N–H and O–H groups in total. The van der Waals surface area contributed by atoms with Gasteiger partial charge in [-0.05, 0) is 43.8 Å². The number of hydrogen-bond acceptors (Lipinski definition) is 4. The number of rotatable bonds is 5. The first-order valence-corrected chi connectivity index (χ1v) is 9.32. The average molecular weight is 371 g/mol. The predicted octanol–water partition coefficient (Wildman–Crippen LogP) is 3.25. The van der Waals surface area contributed by atoms with Crippen LogP contribution < -0.4 is 15.5 Å². The van der Waals surface area contributed by atoms with E-state index < -0.39 is 0 Å². The third-order valence-electron chi connectivity index (χ3n) is 4.87. The number of benzene rings is 1. The molecule has 0 aliphatic carbocycles. The molecule has 0 radical (unpaired) electrons. The Hall–Kier alpha value is -2.67. The molecule has 1 aromatic carbocycles. The minimum absolute atomic E-state index is 0.306. The maximum atomic E-state index is 13.9. The van der Waals surface area contributed by atoms with E-state index in [0.29, 0.717) is 5.82 Å². The van der Waals surface area contributed by atoms with Crippen LogP contribution in [0.1, 0.15) is 25.5 Å². The molecule has 0 spiro atoms. The Labute approximate surface area is 159 Å². The van der Waals surface area contributed by atoms with Gasteiger partial charge >= 0.3 is 6.03 Å². The summed E-state index contributed by atoms with van der Waals surface area (Å²) in [6.45, 7) is 8.79. The van der Waals surface area contributed by atoms with Gasteiger partial charge in [-0.25, -0.2) is 14.2 Å². The van der Waals surface area contributed by atoms with Crippen molar-refractivity contribution in [3.63, 3.8) is 0 Å². The molecule has 2 aromatic rings. The first-order chi connectivity index (χ1) is 13.1. The van der Waals surface area contributed by atoms with E-state index in [1.165, 1.54) is 12.1 Å². The molecule has 1 atom stereocenters. The largest absolute Gasteiger partial charge is 0.369 e. The SMILES string of the molecule is CCN1CCN(c2ccc(F)cc2[C@H](C)NC(=O)Nc2ccccn2)CC1. The number of piperazine rings is 1. The van der Waals surface area contributed by atoms with Crippen LogP contribution in [0.2, 0.25) is 0 Å². The van der Waals surface area contributed by atoms with Crippen LogP contribution in [0.3, 0.4) is 0 Å². The van der Waals surface area contributed by atoms with E-state index in [-0.39, 0.29) is 17.9 Å². The summed E-state index contributed by atoms with van der Waals surface area (Å²) >= 11 is 0. The summed E-state index contributed by atoms with van der Waals surface area (Å²) in [5, 5.41) is 5.57. The number of nitrogens with zero attached hydrogens (tertiary/aromatic N) is 3. The number of amides is 2. The molecule has 1 aromatic heterocycles. The predicted molar refractivity (Wildman–Crippen MR) is 106 cm³/mol. The summed E-state index contributed by atoms with van der Waals surface area (Å²) in [5.41, 5.74) is 1.74. The highest BCUT2D eigenvalue weighted by molar-refractivity contribution is 5.88. The quantitative estimate of drug-likeness (QED) is 0.847. The molecule has 1 aliphatic rings. The lowest BCUT2D eigenvalue weighted by atomic mass is 10.0. The fourth-order valence-electron chi connectivity index (χ4n) is 3.33. The van der Waals surface area contributed by atoms with Gasteiger partial charge in [0.05, 0.1) is 6.04 Å². The van der Waals surface area contributed by atoms with Crippen molar-refractivity contribution in [2.24, 2.45) is 0 Å². The molecular weight excluding hydrogens is 345 g/mol. The first kappa shape index (κ1) is 19.1. The minimum atomic E-state index is -0.368. The van der Waals surface area contributed by atoms with Crippen molar-refractivity contribution in [1.29, 1.82) is 0 Å². The van der Waals surface area contributed by atoms with Crippen LogP contribution in [0, 0.1) is 5.82 Å². The average Bonchev–Trinajstić information content (AvgIpc) is 2.68. The fraction of sp³-hybridized carbons (Fsp3) is 0.400. The first-order valence-electron chi connectivity index (χ1n) is 9.32. The third-order valence-corrected chi connectivity index (χ3v) is 4.87. The van der Waals surface area contributed by atoms with Gasteiger partial charge in [-0.3, -0.25) is 5.32 Å². The molecule has 0 unspecified atom stereocenters. The van der Waals surface area contributed by atoms with E-state index >= 15 is 0 Å². The molecule has 2 amide bonds. The highest BCUT2D eigenvalue weighted by Gasteiger charge is 2.21. The number of carbonyl (C=O) groups excluding carboxylic acids is 1. The summed E-state index contributed by atoms with van der Waals surface area (Å²) < 4.78 is 13.9. The van der Waals surface area contributed by atoms with Crippen molar-refractivity contribution in [3.8, 4) is 0 Å². The van der Waals surface area contributed by atoms with Crippen molar-refractivity contribution in [2.45, 2.75) is 19.9 Å². The topological polar surface area (TPSA) is 60.5 Å². The van der Waals surface area contributed by atoms with Crippen molar-refractivity contribution >= 4 is 17.5 Å². The van der Waals surface area contributed by atoms with Gasteiger partial charge in [0.1, 0.15) is 11.6 Å². The van der Waals surface area contributed by atoms with Crippen molar-refractivity contribution in [2.75, 3.05) is 42.9 Å². The second kappa shape index (κ2) is 8.81. The van der Waals surface area contributed by atoms with Crippen LogP contribution in [-0.2, 0) is 0 Å². The molecule has 1 fully saturated rings. The van der Waals surface area contributed by atoms with E-state index in [1.54, 1.807) is 30.5 Å². The number of halogens is 1. The van der Waals surface area contributed by atoms with Gasteiger partial charge in [-0.1, -0.05) is 13.0 Å². The van der Waals surface area contributed by atoms with Crippen molar-refractivity contribution in [1.82, 2.24) is 15.2 Å². The molecule has 144 valence electrons. The van der Waals surface area contributed by atoms with Gasteiger partial charge in [-0.2, -0.15) is 0 Å². The molecular formula is C20H26FN5O. The molecule has 7 heteroatoms. The zero-order valence-electron chi connectivity index (χ0n) is 15.8. The van der Waals surface area contributed by atoms with Gasteiger partial charge in [0.2, 0.25) is 0 Å². The lowest BCUT2D eigenvalue weighted by molar-refractivity contribution is 0.249. The Morgan fingerprint density at radius 1 is 1.22 bits per heavy atom. The van der Waals surface area contributed by atoms with Crippen molar-refractivity contribution < 1.29 is 9.18 Å². The zero-order valence-corrected chi connectivity index (χ0v) is 15.8. The molecule has 1 aliphatic heterocycles. The van der Waals surface area contributed by atoms with Gasteiger partial charge < -0.3 is 15.1 Å². The molecule has 0 saturated carbocycles. The highest BCUT2D eigenvalue weighted by Crippen LogP contribution is 2.28. The van der Waals surface area contributed by atoms with Gasteiger partial charge in [0.25, 0.3) is 0 Å². The Bertz CT molecular complexity index is 762. The van der Waals surface area contributed by atoms with Crippen LogP contribution in [0.25, 0.3) is 0 Å². The summed E-state index contributed by atoms with van der Waals surface area (Å²) in [4.78, 5) is 21.0.